The smallest absolute Gasteiger partial charge is 0.370 e. The van der Waals surface area contributed by atoms with Gasteiger partial charge < -0.3 is 15.5 Å². The average Bonchev–Trinajstić information content (AvgIpc) is 3.18. The van der Waals surface area contributed by atoms with Crippen LogP contribution in [-0.4, -0.2) is 42.9 Å². The molecule has 2 N–H and O–H groups in total. The third-order valence-electron chi connectivity index (χ3n) is 7.81. The molecule has 1 atom stereocenters. The molecule has 1 unspecified atom stereocenters. The summed E-state index contributed by atoms with van der Waals surface area (Å²) in [5.41, 5.74) is 4.17. The number of alkyl halides is 3. The number of nitrogens with two attached hydrogens (primary N) is 1. The summed E-state index contributed by atoms with van der Waals surface area (Å²) in [6.45, 7) is 1.70. The molecular weight excluding hydrogens is 433 g/mol. The Morgan fingerprint density at radius 1 is 1.12 bits per heavy atom. The second-order valence-electron chi connectivity index (χ2n) is 9.70. The number of benzene rings is 1. The Labute approximate surface area is 191 Å². The van der Waals surface area contributed by atoms with Crippen molar-refractivity contribution in [1.29, 1.82) is 5.26 Å². The lowest BCUT2D eigenvalue weighted by Gasteiger charge is -2.42. The molecule has 1 aromatic carbocycles. The van der Waals surface area contributed by atoms with E-state index in [4.69, 9.17) is 11.0 Å². The third-order valence-corrected chi connectivity index (χ3v) is 7.81. The van der Waals surface area contributed by atoms with Crippen LogP contribution in [0.1, 0.15) is 56.1 Å². The van der Waals surface area contributed by atoms with E-state index in [0.717, 1.165) is 31.7 Å². The van der Waals surface area contributed by atoms with Crippen molar-refractivity contribution in [2.24, 2.45) is 23.0 Å². The number of piperidine rings is 1. The van der Waals surface area contributed by atoms with Crippen LogP contribution in [0, 0.1) is 28.6 Å². The zero-order chi connectivity index (χ0) is 23.8. The largest absolute Gasteiger partial charge is 0.417 e. The molecule has 0 bridgehead atoms. The van der Waals surface area contributed by atoms with Crippen LogP contribution in [0.2, 0.25) is 0 Å². The number of amides is 2. The van der Waals surface area contributed by atoms with E-state index in [1.165, 1.54) is 18.6 Å². The number of likely N-dealkylation sites (tertiary alicyclic amines) is 1. The highest BCUT2D eigenvalue weighted by Crippen LogP contribution is 2.47. The highest BCUT2D eigenvalue weighted by molar-refractivity contribution is 5.81. The van der Waals surface area contributed by atoms with E-state index in [1.54, 1.807) is 11.0 Å². The fraction of sp³-hybridized carbons (Fsp3) is 0.625. The molecule has 0 radical (unpaired) electrons. The number of carbonyl (C=O) groups excluding carboxylic acids is 2. The summed E-state index contributed by atoms with van der Waals surface area (Å²) in [5, 5.41) is 9.06. The normalized spacial score (nSPS) is 23.5. The van der Waals surface area contributed by atoms with E-state index in [1.807, 2.05) is 4.90 Å². The van der Waals surface area contributed by atoms with Gasteiger partial charge in [-0.05, 0) is 43.9 Å². The summed E-state index contributed by atoms with van der Waals surface area (Å²) in [5.74, 6) is -0.695. The first-order valence-electron chi connectivity index (χ1n) is 11.6. The number of primary amides is 1. The minimum Gasteiger partial charge on any atom is -0.370 e. The fourth-order valence-corrected chi connectivity index (χ4v) is 5.91. The molecule has 1 saturated carbocycles. The molecule has 1 aromatic rings. The zero-order valence-electron chi connectivity index (χ0n) is 18.5. The van der Waals surface area contributed by atoms with Gasteiger partial charge in [-0.2, -0.15) is 18.4 Å². The Morgan fingerprint density at radius 2 is 1.79 bits per heavy atom. The van der Waals surface area contributed by atoms with E-state index in [-0.39, 0.29) is 18.4 Å². The summed E-state index contributed by atoms with van der Waals surface area (Å²) in [6.07, 6.45) is 1.74. The molecule has 2 saturated heterocycles. The van der Waals surface area contributed by atoms with Crippen molar-refractivity contribution in [3.63, 3.8) is 0 Å². The van der Waals surface area contributed by atoms with Crippen LogP contribution in [0.4, 0.5) is 18.9 Å². The van der Waals surface area contributed by atoms with Gasteiger partial charge in [0.1, 0.15) is 0 Å². The molecule has 6 nitrogen and oxygen atoms in total. The maximum Gasteiger partial charge on any atom is 0.417 e. The van der Waals surface area contributed by atoms with E-state index in [0.29, 0.717) is 38.2 Å². The van der Waals surface area contributed by atoms with E-state index in [2.05, 4.69) is 0 Å². The van der Waals surface area contributed by atoms with Crippen molar-refractivity contribution in [3.05, 3.63) is 29.3 Å². The van der Waals surface area contributed by atoms with Crippen molar-refractivity contribution in [3.8, 4) is 6.07 Å². The molecule has 2 heterocycles. The lowest BCUT2D eigenvalue weighted by atomic mass is 9.70. The van der Waals surface area contributed by atoms with Crippen molar-refractivity contribution in [1.82, 2.24) is 4.90 Å². The Balaban J connectivity index is 1.52. The molecule has 9 heteroatoms. The summed E-state index contributed by atoms with van der Waals surface area (Å²) >= 11 is 0. The Bertz CT molecular complexity index is 957. The number of halogens is 3. The highest BCUT2D eigenvalue weighted by Gasteiger charge is 2.51. The lowest BCUT2D eigenvalue weighted by molar-refractivity contribution is -0.140. The van der Waals surface area contributed by atoms with Gasteiger partial charge in [-0.3, -0.25) is 9.59 Å². The van der Waals surface area contributed by atoms with Gasteiger partial charge in [0.15, 0.2) is 0 Å². The van der Waals surface area contributed by atoms with Gasteiger partial charge in [-0.1, -0.05) is 19.3 Å². The third kappa shape index (κ3) is 4.53. The molecule has 1 spiro atoms. The van der Waals surface area contributed by atoms with Crippen molar-refractivity contribution in [2.45, 2.75) is 51.1 Å². The molecule has 3 aliphatic rings. The van der Waals surface area contributed by atoms with E-state index >= 15 is 0 Å². The zero-order valence-corrected chi connectivity index (χ0v) is 18.5. The number of hydrogen-bond donors (Lipinski definition) is 1. The first-order valence-corrected chi connectivity index (χ1v) is 11.6. The Morgan fingerprint density at radius 3 is 2.36 bits per heavy atom. The highest BCUT2D eigenvalue weighted by atomic mass is 19.4. The second kappa shape index (κ2) is 8.88. The number of carbonyl (C=O) groups is 2. The number of anilines is 1. The molecule has 1 aliphatic carbocycles. The molecule has 2 amide bonds. The fourth-order valence-electron chi connectivity index (χ4n) is 5.91. The summed E-state index contributed by atoms with van der Waals surface area (Å²) in [4.78, 5) is 28.9. The maximum atomic E-state index is 13.4. The first-order chi connectivity index (χ1) is 15.6. The molecule has 4 rings (SSSR count). The van der Waals surface area contributed by atoms with Crippen molar-refractivity contribution >= 4 is 17.5 Å². The van der Waals surface area contributed by atoms with Gasteiger partial charge >= 0.3 is 6.18 Å². The van der Waals surface area contributed by atoms with Gasteiger partial charge in [-0.25, -0.2) is 0 Å². The topological polar surface area (TPSA) is 90.4 Å². The number of hydrogen-bond acceptors (Lipinski definition) is 4. The first kappa shape index (κ1) is 23.4. The minimum absolute atomic E-state index is 0.0826. The van der Waals surface area contributed by atoms with E-state index in [9.17, 15) is 22.8 Å². The SMILES string of the molecule is N#Cc1ccc(N2CC(C(N)=O)C3(CCN(C(=O)C4CCCCC4)CC3)C2)cc1C(F)(F)F. The quantitative estimate of drug-likeness (QED) is 0.742. The van der Waals surface area contributed by atoms with Crippen LogP contribution in [0.5, 0.6) is 0 Å². The minimum atomic E-state index is -4.65. The molecule has 2 aliphatic heterocycles. The van der Waals surface area contributed by atoms with Gasteiger partial charge in [0.05, 0.1) is 23.1 Å². The molecule has 178 valence electrons. The van der Waals surface area contributed by atoms with E-state index < -0.39 is 34.5 Å². The second-order valence-corrected chi connectivity index (χ2v) is 9.70. The molecular formula is C24H29F3N4O2. The van der Waals surface area contributed by atoms with Crippen LogP contribution < -0.4 is 10.6 Å². The summed E-state index contributed by atoms with van der Waals surface area (Å²) < 4.78 is 40.3. The Hall–Kier alpha value is -2.76. The maximum absolute atomic E-state index is 13.4. The Kier molecular flexibility index (Phi) is 6.30. The monoisotopic (exact) mass is 462 g/mol. The number of nitriles is 1. The lowest BCUT2D eigenvalue weighted by Crippen LogP contribution is -2.50. The van der Waals surface area contributed by atoms with Crippen LogP contribution in [-0.2, 0) is 15.8 Å². The summed E-state index contributed by atoms with van der Waals surface area (Å²) in [6, 6.07) is 5.25. The predicted octanol–water partition coefficient (Wildman–Crippen LogP) is 3.69. The van der Waals surface area contributed by atoms with Gasteiger partial charge in [0.2, 0.25) is 11.8 Å². The average molecular weight is 463 g/mol. The van der Waals surface area contributed by atoms with Gasteiger partial charge in [-0.15, -0.1) is 0 Å². The van der Waals surface area contributed by atoms with Crippen LogP contribution >= 0.6 is 0 Å². The van der Waals surface area contributed by atoms with Crippen LogP contribution in [0.3, 0.4) is 0 Å². The van der Waals surface area contributed by atoms with Crippen LogP contribution in [0.25, 0.3) is 0 Å². The molecule has 3 fully saturated rings. The summed E-state index contributed by atoms with van der Waals surface area (Å²) in [7, 11) is 0. The number of nitrogens with zero attached hydrogens (tertiary/aromatic N) is 3. The van der Waals surface area contributed by atoms with Crippen LogP contribution in [0.15, 0.2) is 18.2 Å². The standard InChI is InChI=1S/C24H29F3N4O2/c25-24(26,27)19-12-18(7-6-17(19)13-28)31-14-20(21(29)32)23(15-31)8-10-30(11-9-23)22(33)16-4-2-1-3-5-16/h6-7,12,16,20H,1-5,8-11,14-15H2,(H2,29,32). The van der Waals surface area contributed by atoms with Gasteiger partial charge in [0, 0.05) is 43.2 Å². The molecule has 0 aromatic heterocycles. The van der Waals surface area contributed by atoms with Gasteiger partial charge in [0.25, 0.3) is 0 Å². The number of rotatable bonds is 3. The van der Waals surface area contributed by atoms with Crippen molar-refractivity contribution < 1.29 is 22.8 Å². The predicted molar refractivity (Wildman–Crippen MR) is 116 cm³/mol. The molecule has 33 heavy (non-hydrogen) atoms. The van der Waals surface area contributed by atoms with Crippen molar-refractivity contribution in [2.75, 3.05) is 31.1 Å².